The van der Waals surface area contributed by atoms with E-state index in [-0.39, 0.29) is 24.0 Å². The van der Waals surface area contributed by atoms with Gasteiger partial charge in [-0.1, -0.05) is 0 Å². The van der Waals surface area contributed by atoms with Gasteiger partial charge in [-0.25, -0.2) is 0 Å². The number of nitrogens with zero attached hydrogens (tertiary/aromatic N) is 2. The van der Waals surface area contributed by atoms with Crippen LogP contribution in [0, 0.1) is 0 Å². The Kier molecular flexibility index (Phi) is 11.5. The second-order valence-electron chi connectivity index (χ2n) is 5.30. The van der Waals surface area contributed by atoms with E-state index in [1.807, 2.05) is 0 Å². The second-order valence-corrected chi connectivity index (χ2v) is 5.30. The number of methoxy groups -OCH3 is 1. The zero-order valence-electron chi connectivity index (χ0n) is 13.3. The highest BCUT2D eigenvalue weighted by Crippen LogP contribution is 2.12. The molecule has 1 aliphatic rings. The SMILES string of the molecule is CCNC(=NCCOC)NC1CCN(C(C)C)CC1.I. The first-order valence-corrected chi connectivity index (χ1v) is 7.45. The fraction of sp³-hybridized carbons (Fsp3) is 0.929. The maximum Gasteiger partial charge on any atom is 0.191 e. The van der Waals surface area contributed by atoms with Crippen molar-refractivity contribution in [3.63, 3.8) is 0 Å². The smallest absolute Gasteiger partial charge is 0.191 e. The van der Waals surface area contributed by atoms with Crippen molar-refractivity contribution >= 4 is 29.9 Å². The van der Waals surface area contributed by atoms with E-state index < -0.39 is 0 Å². The van der Waals surface area contributed by atoms with Gasteiger partial charge in [-0.2, -0.15) is 0 Å². The van der Waals surface area contributed by atoms with E-state index in [0.29, 0.717) is 25.2 Å². The van der Waals surface area contributed by atoms with Crippen molar-refractivity contribution in [2.75, 3.05) is 39.9 Å². The molecule has 0 aromatic heterocycles. The number of likely N-dealkylation sites (tertiary alicyclic amines) is 1. The van der Waals surface area contributed by atoms with Crippen molar-refractivity contribution in [3.05, 3.63) is 0 Å². The first-order chi connectivity index (χ1) is 9.17. The van der Waals surface area contributed by atoms with E-state index in [1.165, 1.54) is 25.9 Å². The third-order valence-electron chi connectivity index (χ3n) is 3.51. The number of hydrogen-bond acceptors (Lipinski definition) is 3. The van der Waals surface area contributed by atoms with E-state index in [9.17, 15) is 0 Å². The number of ether oxygens (including phenoxy) is 1. The minimum absolute atomic E-state index is 0. The van der Waals surface area contributed by atoms with Crippen molar-refractivity contribution in [2.45, 2.75) is 45.7 Å². The molecule has 0 saturated carbocycles. The van der Waals surface area contributed by atoms with Gasteiger partial charge in [-0.05, 0) is 33.6 Å². The van der Waals surface area contributed by atoms with Crippen LogP contribution < -0.4 is 10.6 Å². The van der Waals surface area contributed by atoms with Crippen LogP contribution in [0.25, 0.3) is 0 Å². The molecule has 0 aromatic rings. The normalized spacial score (nSPS) is 17.9. The number of nitrogens with one attached hydrogen (secondary N) is 2. The van der Waals surface area contributed by atoms with Gasteiger partial charge < -0.3 is 20.3 Å². The van der Waals surface area contributed by atoms with E-state index in [0.717, 1.165) is 12.5 Å². The molecule has 0 spiro atoms. The summed E-state index contributed by atoms with van der Waals surface area (Å²) in [5.74, 6) is 0.919. The van der Waals surface area contributed by atoms with E-state index in [2.05, 4.69) is 41.3 Å². The zero-order valence-corrected chi connectivity index (χ0v) is 15.6. The van der Waals surface area contributed by atoms with Gasteiger partial charge in [0.25, 0.3) is 0 Å². The minimum atomic E-state index is 0. The van der Waals surface area contributed by atoms with Crippen LogP contribution in [0.4, 0.5) is 0 Å². The van der Waals surface area contributed by atoms with Crippen molar-refractivity contribution in [1.29, 1.82) is 0 Å². The third kappa shape index (κ3) is 7.64. The van der Waals surface area contributed by atoms with Crippen LogP contribution in [0.2, 0.25) is 0 Å². The van der Waals surface area contributed by atoms with Gasteiger partial charge in [-0.15, -0.1) is 24.0 Å². The fourth-order valence-corrected chi connectivity index (χ4v) is 2.32. The van der Waals surface area contributed by atoms with Gasteiger partial charge in [0, 0.05) is 38.8 Å². The average molecular weight is 398 g/mol. The lowest BCUT2D eigenvalue weighted by Crippen LogP contribution is -2.49. The number of aliphatic imine (C=N–C) groups is 1. The number of hydrogen-bond donors (Lipinski definition) is 2. The summed E-state index contributed by atoms with van der Waals surface area (Å²) in [5.41, 5.74) is 0. The monoisotopic (exact) mass is 398 g/mol. The van der Waals surface area contributed by atoms with Gasteiger partial charge >= 0.3 is 0 Å². The summed E-state index contributed by atoms with van der Waals surface area (Å²) in [4.78, 5) is 7.04. The van der Waals surface area contributed by atoms with Crippen molar-refractivity contribution in [1.82, 2.24) is 15.5 Å². The molecule has 1 fully saturated rings. The molecular formula is C14H31IN4O. The quantitative estimate of drug-likeness (QED) is 0.309. The molecule has 0 aliphatic carbocycles. The molecule has 1 saturated heterocycles. The Bertz CT molecular complexity index is 266. The summed E-state index contributed by atoms with van der Waals surface area (Å²) >= 11 is 0. The molecule has 6 heteroatoms. The molecular weight excluding hydrogens is 367 g/mol. The van der Waals surface area contributed by atoms with Crippen LogP contribution >= 0.6 is 24.0 Å². The Morgan fingerprint density at radius 2 is 2.00 bits per heavy atom. The third-order valence-corrected chi connectivity index (χ3v) is 3.51. The Morgan fingerprint density at radius 1 is 1.35 bits per heavy atom. The Morgan fingerprint density at radius 3 is 2.50 bits per heavy atom. The molecule has 1 rings (SSSR count). The lowest BCUT2D eigenvalue weighted by Gasteiger charge is -2.35. The second kappa shape index (κ2) is 11.6. The van der Waals surface area contributed by atoms with Gasteiger partial charge in [0.15, 0.2) is 5.96 Å². The largest absolute Gasteiger partial charge is 0.383 e. The number of guanidine groups is 1. The lowest BCUT2D eigenvalue weighted by atomic mass is 10.0. The van der Waals surface area contributed by atoms with Crippen LogP contribution in [0.15, 0.2) is 4.99 Å². The molecule has 0 radical (unpaired) electrons. The molecule has 0 amide bonds. The topological polar surface area (TPSA) is 48.9 Å². The summed E-state index contributed by atoms with van der Waals surface area (Å²) in [7, 11) is 1.71. The molecule has 20 heavy (non-hydrogen) atoms. The Labute approximate surface area is 140 Å². The number of piperidine rings is 1. The summed E-state index contributed by atoms with van der Waals surface area (Å²) in [6, 6.07) is 1.19. The maximum absolute atomic E-state index is 5.03. The summed E-state index contributed by atoms with van der Waals surface area (Å²) in [6.45, 7) is 11.2. The average Bonchev–Trinajstić information content (AvgIpc) is 2.40. The maximum atomic E-state index is 5.03. The summed E-state index contributed by atoms with van der Waals surface area (Å²) in [6.07, 6.45) is 2.37. The standard InChI is InChI=1S/C14H30N4O.HI/c1-5-15-14(16-8-11-19-4)17-13-6-9-18(10-7-13)12(2)3;/h12-13H,5-11H2,1-4H3,(H2,15,16,17);1H. The molecule has 0 atom stereocenters. The molecule has 5 nitrogen and oxygen atoms in total. The van der Waals surface area contributed by atoms with Crippen molar-refractivity contribution in [3.8, 4) is 0 Å². The highest BCUT2D eigenvalue weighted by Gasteiger charge is 2.21. The van der Waals surface area contributed by atoms with Crippen LogP contribution in [0.5, 0.6) is 0 Å². The highest BCUT2D eigenvalue weighted by molar-refractivity contribution is 14.0. The molecule has 1 heterocycles. The van der Waals surface area contributed by atoms with Gasteiger partial charge in [0.2, 0.25) is 0 Å². The van der Waals surface area contributed by atoms with Gasteiger partial charge in [0.1, 0.15) is 0 Å². The fourth-order valence-electron chi connectivity index (χ4n) is 2.32. The summed E-state index contributed by atoms with van der Waals surface area (Å²) < 4.78 is 5.03. The first-order valence-electron chi connectivity index (χ1n) is 7.45. The summed E-state index contributed by atoms with van der Waals surface area (Å²) in [5, 5.41) is 6.82. The van der Waals surface area contributed by atoms with E-state index >= 15 is 0 Å². The molecule has 120 valence electrons. The Hall–Kier alpha value is -0.0800. The van der Waals surface area contributed by atoms with Crippen molar-refractivity contribution < 1.29 is 4.74 Å². The lowest BCUT2D eigenvalue weighted by molar-refractivity contribution is 0.167. The minimum Gasteiger partial charge on any atom is -0.383 e. The van der Waals surface area contributed by atoms with Crippen molar-refractivity contribution in [2.24, 2.45) is 4.99 Å². The molecule has 2 N–H and O–H groups in total. The number of rotatable bonds is 6. The zero-order chi connectivity index (χ0) is 14.1. The van der Waals surface area contributed by atoms with Crippen LogP contribution in [-0.4, -0.2) is 62.8 Å². The molecule has 1 aliphatic heterocycles. The number of halogens is 1. The van der Waals surface area contributed by atoms with Gasteiger partial charge in [-0.3, -0.25) is 4.99 Å². The predicted octanol–water partition coefficient (Wildman–Crippen LogP) is 1.68. The Balaban J connectivity index is 0.00000361. The first kappa shape index (κ1) is 19.9. The van der Waals surface area contributed by atoms with Gasteiger partial charge in [0.05, 0.1) is 13.2 Å². The van der Waals surface area contributed by atoms with Crippen LogP contribution in [-0.2, 0) is 4.74 Å². The molecule has 0 aromatic carbocycles. The highest BCUT2D eigenvalue weighted by atomic mass is 127. The van der Waals surface area contributed by atoms with Crippen LogP contribution in [0.3, 0.4) is 0 Å². The van der Waals surface area contributed by atoms with Crippen LogP contribution in [0.1, 0.15) is 33.6 Å². The molecule has 0 bridgehead atoms. The van der Waals surface area contributed by atoms with E-state index in [4.69, 9.17) is 4.74 Å². The molecule has 0 unspecified atom stereocenters. The van der Waals surface area contributed by atoms with E-state index in [1.54, 1.807) is 7.11 Å². The predicted molar refractivity (Wildman–Crippen MR) is 96.1 cm³/mol.